The zero-order valence-electron chi connectivity index (χ0n) is 15.8. The summed E-state index contributed by atoms with van der Waals surface area (Å²) in [6.07, 6.45) is 7.21. The molecular formula is C19H41NO. The van der Waals surface area contributed by atoms with Crippen LogP contribution in [0.3, 0.4) is 0 Å². The first-order chi connectivity index (χ1) is 9.80. The Morgan fingerprint density at radius 3 is 1.76 bits per heavy atom. The van der Waals surface area contributed by atoms with Crippen LogP contribution < -0.4 is 0 Å². The van der Waals surface area contributed by atoms with Crippen LogP contribution >= 0.6 is 0 Å². The van der Waals surface area contributed by atoms with Crippen molar-refractivity contribution in [2.75, 3.05) is 20.1 Å². The molecule has 0 amide bonds. The van der Waals surface area contributed by atoms with Gasteiger partial charge in [-0.2, -0.15) is 0 Å². The van der Waals surface area contributed by atoms with Crippen molar-refractivity contribution in [1.29, 1.82) is 0 Å². The van der Waals surface area contributed by atoms with Crippen LogP contribution in [0.4, 0.5) is 0 Å². The monoisotopic (exact) mass is 299 g/mol. The van der Waals surface area contributed by atoms with Gasteiger partial charge in [-0.25, -0.2) is 0 Å². The third-order valence-corrected chi connectivity index (χ3v) is 5.06. The minimum atomic E-state index is -0.341. The van der Waals surface area contributed by atoms with Crippen molar-refractivity contribution < 1.29 is 5.11 Å². The zero-order chi connectivity index (χ0) is 16.5. The zero-order valence-corrected chi connectivity index (χ0v) is 15.8. The lowest BCUT2D eigenvalue weighted by atomic mass is 9.81. The molecule has 0 spiro atoms. The second kappa shape index (κ2) is 10.6. The molecule has 0 unspecified atom stereocenters. The minimum absolute atomic E-state index is 0.341. The second-order valence-corrected chi connectivity index (χ2v) is 7.56. The fourth-order valence-corrected chi connectivity index (χ4v) is 3.08. The summed E-state index contributed by atoms with van der Waals surface area (Å²) in [5.74, 6) is 2.73. The Morgan fingerprint density at radius 2 is 1.43 bits per heavy atom. The Balaban J connectivity index is 0.000000342. The number of rotatable bonds is 1. The Labute approximate surface area is 134 Å². The molecular weight excluding hydrogens is 258 g/mol. The Hall–Kier alpha value is -0.0800. The van der Waals surface area contributed by atoms with E-state index in [9.17, 15) is 5.11 Å². The number of hydrogen-bond donors (Lipinski definition) is 1. The largest absolute Gasteiger partial charge is 0.390 e. The lowest BCUT2D eigenvalue weighted by molar-refractivity contribution is 0.0104. The van der Waals surface area contributed by atoms with Crippen molar-refractivity contribution in [3.63, 3.8) is 0 Å². The summed E-state index contributed by atoms with van der Waals surface area (Å²) in [5, 5.41) is 9.49. The predicted octanol–water partition coefficient (Wildman–Crippen LogP) is 4.96. The third-order valence-electron chi connectivity index (χ3n) is 5.06. The van der Waals surface area contributed by atoms with E-state index in [-0.39, 0.29) is 5.60 Å². The van der Waals surface area contributed by atoms with E-state index in [0.29, 0.717) is 0 Å². The van der Waals surface area contributed by atoms with E-state index in [2.05, 4.69) is 32.7 Å². The molecule has 0 bridgehead atoms. The van der Waals surface area contributed by atoms with Gasteiger partial charge in [0, 0.05) is 0 Å². The highest BCUT2D eigenvalue weighted by molar-refractivity contribution is 4.79. The highest BCUT2D eigenvalue weighted by Gasteiger charge is 2.26. The highest BCUT2D eigenvalue weighted by Crippen LogP contribution is 2.30. The van der Waals surface area contributed by atoms with Gasteiger partial charge in [0.25, 0.3) is 0 Å². The van der Waals surface area contributed by atoms with Crippen molar-refractivity contribution in [1.82, 2.24) is 4.90 Å². The molecule has 2 fully saturated rings. The normalized spacial score (nSPS) is 31.0. The van der Waals surface area contributed by atoms with Gasteiger partial charge in [-0.15, -0.1) is 0 Å². The van der Waals surface area contributed by atoms with Crippen molar-refractivity contribution in [2.24, 2.45) is 17.8 Å². The summed E-state index contributed by atoms with van der Waals surface area (Å²) in [6, 6.07) is 0. The van der Waals surface area contributed by atoms with Crippen LogP contribution in [0.25, 0.3) is 0 Å². The summed E-state index contributed by atoms with van der Waals surface area (Å²) in [4.78, 5) is 2.43. The Kier molecular flexibility index (Phi) is 10.6. The Morgan fingerprint density at radius 1 is 1.00 bits per heavy atom. The Bertz CT molecular complexity index is 232. The van der Waals surface area contributed by atoms with E-state index in [0.717, 1.165) is 30.6 Å². The van der Waals surface area contributed by atoms with E-state index < -0.39 is 0 Å². The van der Waals surface area contributed by atoms with Gasteiger partial charge in [-0.3, -0.25) is 0 Å². The average Bonchev–Trinajstić information content (AvgIpc) is 2.46. The van der Waals surface area contributed by atoms with E-state index >= 15 is 0 Å². The molecule has 1 N–H and O–H groups in total. The third kappa shape index (κ3) is 9.52. The smallest absolute Gasteiger partial charge is 0.0620 e. The van der Waals surface area contributed by atoms with Crippen LogP contribution in [0.5, 0.6) is 0 Å². The molecule has 0 aromatic heterocycles. The number of hydrogen-bond acceptors (Lipinski definition) is 2. The number of aliphatic hydroxyl groups is 1. The van der Waals surface area contributed by atoms with Gasteiger partial charge >= 0.3 is 0 Å². The quantitative estimate of drug-likeness (QED) is 0.740. The maximum absolute atomic E-state index is 9.49. The van der Waals surface area contributed by atoms with Crippen molar-refractivity contribution in [3.05, 3.63) is 0 Å². The van der Waals surface area contributed by atoms with Crippen LogP contribution in [0.2, 0.25) is 0 Å². The average molecular weight is 300 g/mol. The molecule has 1 saturated heterocycles. The van der Waals surface area contributed by atoms with Crippen LogP contribution in [0.1, 0.15) is 80.1 Å². The van der Waals surface area contributed by atoms with Gasteiger partial charge < -0.3 is 10.0 Å². The maximum atomic E-state index is 9.49. The van der Waals surface area contributed by atoms with E-state index in [1.54, 1.807) is 0 Å². The van der Waals surface area contributed by atoms with Crippen LogP contribution in [-0.4, -0.2) is 35.7 Å². The SMILES string of the molecule is CC.CC(C)C1CCN(C)CC1.CC1CCC(C)(O)CC1. The molecule has 0 atom stereocenters. The van der Waals surface area contributed by atoms with Crippen LogP contribution in [-0.2, 0) is 0 Å². The lowest BCUT2D eigenvalue weighted by Crippen LogP contribution is -2.32. The van der Waals surface area contributed by atoms with Crippen molar-refractivity contribution in [2.45, 2.75) is 85.7 Å². The molecule has 1 aliphatic heterocycles. The first-order valence-electron chi connectivity index (χ1n) is 9.21. The summed E-state index contributed by atoms with van der Waals surface area (Å²) >= 11 is 0. The molecule has 0 aromatic carbocycles. The molecule has 1 heterocycles. The molecule has 2 rings (SSSR count). The van der Waals surface area contributed by atoms with Gasteiger partial charge in [0.1, 0.15) is 0 Å². The molecule has 0 aromatic rings. The van der Waals surface area contributed by atoms with E-state index in [4.69, 9.17) is 0 Å². The van der Waals surface area contributed by atoms with Gasteiger partial charge in [0.05, 0.1) is 5.60 Å². The fraction of sp³-hybridized carbons (Fsp3) is 1.00. The second-order valence-electron chi connectivity index (χ2n) is 7.56. The van der Waals surface area contributed by atoms with Gasteiger partial charge in [-0.05, 0) is 83.3 Å². The summed E-state index contributed by atoms with van der Waals surface area (Å²) in [7, 11) is 2.22. The van der Waals surface area contributed by atoms with Gasteiger partial charge in [0.2, 0.25) is 0 Å². The van der Waals surface area contributed by atoms with Crippen LogP contribution in [0, 0.1) is 17.8 Å². The van der Waals surface area contributed by atoms with Crippen molar-refractivity contribution in [3.8, 4) is 0 Å². The van der Waals surface area contributed by atoms with Gasteiger partial charge in [-0.1, -0.05) is 34.6 Å². The molecule has 1 aliphatic carbocycles. The topological polar surface area (TPSA) is 23.5 Å². The molecule has 2 aliphatic rings. The lowest BCUT2D eigenvalue weighted by Gasteiger charge is -2.31. The maximum Gasteiger partial charge on any atom is 0.0620 e. The first kappa shape index (κ1) is 20.9. The summed E-state index contributed by atoms with van der Waals surface area (Å²) in [5.41, 5.74) is -0.341. The summed E-state index contributed by atoms with van der Waals surface area (Å²) in [6.45, 7) is 15.5. The molecule has 2 nitrogen and oxygen atoms in total. The van der Waals surface area contributed by atoms with Gasteiger partial charge in [0.15, 0.2) is 0 Å². The fourth-order valence-electron chi connectivity index (χ4n) is 3.08. The first-order valence-corrected chi connectivity index (χ1v) is 9.21. The minimum Gasteiger partial charge on any atom is -0.390 e. The number of nitrogens with zero attached hydrogens (tertiary/aromatic N) is 1. The molecule has 0 radical (unpaired) electrons. The predicted molar refractivity (Wildman–Crippen MR) is 94.7 cm³/mol. The highest BCUT2D eigenvalue weighted by atomic mass is 16.3. The van der Waals surface area contributed by atoms with E-state index in [1.165, 1.54) is 38.8 Å². The van der Waals surface area contributed by atoms with Crippen molar-refractivity contribution >= 4 is 0 Å². The van der Waals surface area contributed by atoms with Crippen LogP contribution in [0.15, 0.2) is 0 Å². The number of likely N-dealkylation sites (tertiary alicyclic amines) is 1. The number of piperidine rings is 1. The molecule has 2 heteroatoms. The summed E-state index contributed by atoms with van der Waals surface area (Å²) < 4.78 is 0. The molecule has 21 heavy (non-hydrogen) atoms. The molecule has 1 saturated carbocycles. The standard InChI is InChI=1S/C9H19N.C8H16O.C2H6/c1-8(2)9-4-6-10(3)7-5-9;1-7-3-5-8(2,9)6-4-7;1-2/h8-9H,4-7H2,1-3H3;7,9H,3-6H2,1-2H3;1-2H3. The van der Waals surface area contributed by atoms with E-state index in [1.807, 2.05) is 20.8 Å². The molecule has 128 valence electrons.